The van der Waals surface area contributed by atoms with Gasteiger partial charge < -0.3 is 5.11 Å². The minimum atomic E-state index is -0.0476. The first-order chi connectivity index (χ1) is 13.7. The first kappa shape index (κ1) is 21.7. The van der Waals surface area contributed by atoms with Crippen molar-refractivity contribution in [2.24, 2.45) is 52.3 Å². The zero-order valence-electron chi connectivity index (χ0n) is 20.0. The molecular weight excluding hydrogens is 352 g/mol. The number of hydrogen-bond donors (Lipinski definition) is 1. The highest BCUT2D eigenvalue weighted by Gasteiger charge is 2.57. The molecule has 0 aliphatic heterocycles. The van der Waals surface area contributed by atoms with Crippen LogP contribution >= 0.6 is 0 Å². The Bertz CT molecular complexity index is 659. The first-order valence-corrected chi connectivity index (χ1v) is 12.7. The van der Waals surface area contributed by atoms with Crippen LogP contribution in [0.25, 0.3) is 0 Å². The molecule has 0 aromatic carbocycles. The third-order valence-corrected chi connectivity index (χ3v) is 10.5. The quantitative estimate of drug-likeness (QED) is 0.489. The van der Waals surface area contributed by atoms with Gasteiger partial charge in [0.1, 0.15) is 0 Å². The molecule has 0 bridgehead atoms. The summed E-state index contributed by atoms with van der Waals surface area (Å²) in [7, 11) is 0. The molecule has 9 atom stereocenters. The van der Waals surface area contributed by atoms with Gasteiger partial charge in [0.15, 0.2) is 0 Å². The molecule has 0 radical (unpaired) electrons. The molecule has 3 saturated carbocycles. The van der Waals surface area contributed by atoms with Gasteiger partial charge in [-0.1, -0.05) is 65.3 Å². The zero-order valence-corrected chi connectivity index (χ0v) is 20.0. The summed E-state index contributed by atoms with van der Waals surface area (Å²) in [6, 6.07) is 0. The molecule has 29 heavy (non-hydrogen) atoms. The highest BCUT2D eigenvalue weighted by Crippen LogP contribution is 2.66. The first-order valence-electron chi connectivity index (χ1n) is 12.7. The monoisotopic (exact) mass is 398 g/mol. The maximum absolute atomic E-state index is 10.2. The van der Waals surface area contributed by atoms with E-state index in [-0.39, 0.29) is 6.10 Å². The normalized spacial score (nSPS) is 46.8. The fourth-order valence-corrected chi connectivity index (χ4v) is 8.10. The number of allylic oxidation sites excluding steroid dienone is 4. The Labute approximate surface area is 180 Å². The zero-order chi connectivity index (χ0) is 21.0. The molecule has 0 amide bonds. The lowest BCUT2D eigenvalue weighted by Crippen LogP contribution is -2.49. The molecule has 3 fully saturated rings. The van der Waals surface area contributed by atoms with Crippen LogP contribution in [0.1, 0.15) is 92.9 Å². The van der Waals surface area contributed by atoms with Crippen LogP contribution in [-0.4, -0.2) is 11.2 Å². The van der Waals surface area contributed by atoms with E-state index < -0.39 is 0 Å². The average molecular weight is 399 g/mol. The summed E-state index contributed by atoms with van der Waals surface area (Å²) < 4.78 is 0. The summed E-state index contributed by atoms with van der Waals surface area (Å²) >= 11 is 0. The van der Waals surface area contributed by atoms with Crippen molar-refractivity contribution in [3.63, 3.8) is 0 Å². The van der Waals surface area contributed by atoms with Crippen LogP contribution in [0.2, 0.25) is 0 Å². The fraction of sp³-hybridized carbons (Fsp3) is 0.857. The largest absolute Gasteiger partial charge is 0.393 e. The van der Waals surface area contributed by atoms with E-state index in [2.05, 4.69) is 59.8 Å². The van der Waals surface area contributed by atoms with Gasteiger partial charge >= 0.3 is 0 Å². The van der Waals surface area contributed by atoms with Crippen LogP contribution in [0, 0.1) is 52.3 Å². The van der Waals surface area contributed by atoms with Crippen LogP contribution < -0.4 is 0 Å². The van der Waals surface area contributed by atoms with Crippen LogP contribution in [0.5, 0.6) is 0 Å². The predicted octanol–water partition coefficient (Wildman–Crippen LogP) is 7.41. The van der Waals surface area contributed by atoms with Gasteiger partial charge in [0.05, 0.1) is 6.10 Å². The van der Waals surface area contributed by atoms with E-state index in [0.29, 0.717) is 28.6 Å². The van der Waals surface area contributed by atoms with E-state index in [1.165, 1.54) is 38.5 Å². The van der Waals surface area contributed by atoms with Crippen LogP contribution in [0.15, 0.2) is 23.8 Å². The van der Waals surface area contributed by atoms with Crippen molar-refractivity contribution in [3.8, 4) is 0 Å². The minimum absolute atomic E-state index is 0.0476. The second-order valence-corrected chi connectivity index (χ2v) is 12.3. The molecule has 1 N–H and O–H groups in total. The average Bonchev–Trinajstić information content (AvgIpc) is 3.03. The highest BCUT2D eigenvalue weighted by atomic mass is 16.3. The molecule has 164 valence electrons. The van der Waals surface area contributed by atoms with Crippen LogP contribution in [0.3, 0.4) is 0 Å². The number of hydrogen-bond acceptors (Lipinski definition) is 1. The molecule has 1 nitrogen and oxygen atoms in total. The SMILES string of the molecule is CC(C)[C@@H](C)/C=C/[C@@H](C)[C@H]1CC[C@H]2C3=CC[C@H]4C[C@H](O)CC[C@]4(C)[C@H]3CC[C@]12C. The van der Waals surface area contributed by atoms with Crippen molar-refractivity contribution in [2.75, 3.05) is 0 Å². The van der Waals surface area contributed by atoms with Crippen LogP contribution in [-0.2, 0) is 0 Å². The third kappa shape index (κ3) is 3.58. The summed E-state index contributed by atoms with van der Waals surface area (Å²) in [5.41, 5.74) is 2.79. The Balaban J connectivity index is 1.54. The molecule has 0 aromatic heterocycles. The molecule has 1 heteroatoms. The van der Waals surface area contributed by atoms with Gasteiger partial charge in [0, 0.05) is 0 Å². The van der Waals surface area contributed by atoms with E-state index in [9.17, 15) is 5.11 Å². The van der Waals surface area contributed by atoms with Crippen LogP contribution in [0.4, 0.5) is 0 Å². The van der Waals surface area contributed by atoms with Crippen molar-refractivity contribution >= 4 is 0 Å². The van der Waals surface area contributed by atoms with Crippen molar-refractivity contribution in [3.05, 3.63) is 23.8 Å². The Hall–Kier alpha value is -0.560. The number of aliphatic hydroxyl groups is 1. The Morgan fingerprint density at radius 3 is 2.34 bits per heavy atom. The van der Waals surface area contributed by atoms with Gasteiger partial charge in [-0.3, -0.25) is 0 Å². The van der Waals surface area contributed by atoms with Crippen molar-refractivity contribution < 1.29 is 5.11 Å². The van der Waals surface area contributed by atoms with Crippen molar-refractivity contribution in [1.82, 2.24) is 0 Å². The molecule has 0 spiro atoms. The highest BCUT2D eigenvalue weighted by molar-refractivity contribution is 5.28. The lowest BCUT2D eigenvalue weighted by Gasteiger charge is -2.57. The van der Waals surface area contributed by atoms with E-state index in [0.717, 1.165) is 36.5 Å². The number of fused-ring (bicyclic) bond motifs is 5. The maximum Gasteiger partial charge on any atom is 0.0543 e. The molecule has 0 heterocycles. The summed E-state index contributed by atoms with van der Waals surface area (Å²) in [4.78, 5) is 0. The predicted molar refractivity (Wildman–Crippen MR) is 124 cm³/mol. The summed E-state index contributed by atoms with van der Waals surface area (Å²) in [5.74, 6) is 5.25. The summed E-state index contributed by atoms with van der Waals surface area (Å²) in [5, 5.41) is 10.2. The van der Waals surface area contributed by atoms with Gasteiger partial charge in [0.2, 0.25) is 0 Å². The topological polar surface area (TPSA) is 20.2 Å². The molecule has 4 aliphatic carbocycles. The molecule has 4 aliphatic rings. The summed E-state index contributed by atoms with van der Waals surface area (Å²) in [6.45, 7) is 14.7. The van der Waals surface area contributed by atoms with Gasteiger partial charge in [-0.2, -0.15) is 0 Å². The Morgan fingerprint density at radius 2 is 1.62 bits per heavy atom. The molecule has 0 saturated heterocycles. The molecule has 0 aromatic rings. The van der Waals surface area contributed by atoms with Gasteiger partial charge in [-0.05, 0) is 104 Å². The van der Waals surface area contributed by atoms with Crippen molar-refractivity contribution in [1.29, 1.82) is 0 Å². The standard InChI is InChI=1S/C28H46O/c1-18(2)19(3)7-8-20(4)24-11-12-25-23-10-9-21-17-22(29)13-15-27(21,5)26(23)14-16-28(24,25)6/h7-8,10,18-22,24-26,29H,9,11-17H2,1-6H3/b8-7+/t19-,20+,21-,22+,24+,25-,26-,27-,28+/m0/s1. The maximum atomic E-state index is 10.2. The summed E-state index contributed by atoms with van der Waals surface area (Å²) in [6.07, 6.45) is 17.8. The van der Waals surface area contributed by atoms with E-state index in [4.69, 9.17) is 0 Å². The lowest BCUT2D eigenvalue weighted by atomic mass is 9.47. The number of rotatable bonds is 4. The third-order valence-electron chi connectivity index (χ3n) is 10.5. The second-order valence-electron chi connectivity index (χ2n) is 12.3. The Morgan fingerprint density at radius 1 is 0.931 bits per heavy atom. The van der Waals surface area contributed by atoms with Gasteiger partial charge in [-0.25, -0.2) is 0 Å². The molecular formula is C28H46O. The van der Waals surface area contributed by atoms with E-state index >= 15 is 0 Å². The number of aliphatic hydroxyl groups excluding tert-OH is 1. The van der Waals surface area contributed by atoms with Crippen molar-refractivity contribution in [2.45, 2.75) is 99.0 Å². The second kappa shape index (κ2) is 7.85. The Kier molecular flexibility index (Phi) is 5.86. The molecule has 4 rings (SSSR count). The van der Waals surface area contributed by atoms with Gasteiger partial charge in [0.25, 0.3) is 0 Å². The van der Waals surface area contributed by atoms with E-state index in [1.807, 2.05) is 5.57 Å². The molecule has 0 unspecified atom stereocenters. The lowest BCUT2D eigenvalue weighted by molar-refractivity contribution is -0.0414. The van der Waals surface area contributed by atoms with E-state index in [1.54, 1.807) is 0 Å². The minimum Gasteiger partial charge on any atom is -0.393 e. The smallest absolute Gasteiger partial charge is 0.0543 e. The van der Waals surface area contributed by atoms with Gasteiger partial charge in [-0.15, -0.1) is 0 Å². The fourth-order valence-electron chi connectivity index (χ4n) is 8.10.